The van der Waals surface area contributed by atoms with Gasteiger partial charge in [-0.1, -0.05) is 20.3 Å². The summed E-state index contributed by atoms with van der Waals surface area (Å²) in [6, 6.07) is 2.76. The van der Waals surface area contributed by atoms with Crippen LogP contribution in [0.2, 0.25) is 0 Å². The van der Waals surface area contributed by atoms with Gasteiger partial charge in [-0.15, -0.1) is 0 Å². The third kappa shape index (κ3) is 4.72. The van der Waals surface area contributed by atoms with Crippen molar-refractivity contribution in [2.75, 3.05) is 0 Å². The van der Waals surface area contributed by atoms with Crippen molar-refractivity contribution < 1.29 is 14.3 Å². The molecule has 1 aromatic rings. The van der Waals surface area contributed by atoms with E-state index in [0.717, 1.165) is 6.42 Å². The second-order valence-corrected chi connectivity index (χ2v) is 5.95. The third-order valence-electron chi connectivity index (χ3n) is 3.00. The highest BCUT2D eigenvalue weighted by atomic mass is 16.6. The molecule has 1 aromatic heterocycles. The first-order valence-electron chi connectivity index (χ1n) is 6.91. The summed E-state index contributed by atoms with van der Waals surface area (Å²) in [5, 5.41) is 2.75. The average molecular weight is 280 g/mol. The molecule has 0 aliphatic carbocycles. The number of aromatic amines is 1. The zero-order valence-electron chi connectivity index (χ0n) is 12.8. The van der Waals surface area contributed by atoms with E-state index < -0.39 is 17.6 Å². The van der Waals surface area contributed by atoms with Crippen LogP contribution in [0.3, 0.4) is 0 Å². The maximum absolute atomic E-state index is 12.2. The van der Waals surface area contributed by atoms with Crippen LogP contribution in [0.5, 0.6) is 0 Å². The standard InChI is InChI=1S/C15H24N2O3/c1-6-10(2)12(14(19)20-15(3,4)5)17-13(18)11-8-7-9-16-11/h7-10,12,16H,6H2,1-5H3,(H,17,18)/t10-,12-/m0/s1. The van der Waals surface area contributed by atoms with Gasteiger partial charge in [0.05, 0.1) is 0 Å². The number of carbonyl (C=O) groups is 2. The van der Waals surface area contributed by atoms with Crippen LogP contribution in [0.1, 0.15) is 51.5 Å². The van der Waals surface area contributed by atoms with Crippen molar-refractivity contribution in [3.8, 4) is 0 Å². The van der Waals surface area contributed by atoms with Crippen molar-refractivity contribution in [3.63, 3.8) is 0 Å². The fourth-order valence-electron chi connectivity index (χ4n) is 1.73. The zero-order valence-corrected chi connectivity index (χ0v) is 12.8. The Morgan fingerprint density at radius 1 is 1.40 bits per heavy atom. The van der Waals surface area contributed by atoms with Crippen LogP contribution in [-0.2, 0) is 9.53 Å². The smallest absolute Gasteiger partial charge is 0.329 e. The molecule has 0 saturated carbocycles. The van der Waals surface area contributed by atoms with Crippen LogP contribution < -0.4 is 5.32 Å². The van der Waals surface area contributed by atoms with Gasteiger partial charge in [0.25, 0.3) is 5.91 Å². The molecule has 1 rings (SSSR count). The van der Waals surface area contributed by atoms with Crippen LogP contribution >= 0.6 is 0 Å². The lowest BCUT2D eigenvalue weighted by Crippen LogP contribution is -2.47. The minimum absolute atomic E-state index is 0.00348. The topological polar surface area (TPSA) is 71.2 Å². The highest BCUT2D eigenvalue weighted by Gasteiger charge is 2.30. The molecule has 5 nitrogen and oxygen atoms in total. The number of amides is 1. The monoisotopic (exact) mass is 280 g/mol. The van der Waals surface area contributed by atoms with E-state index in [1.807, 2.05) is 34.6 Å². The molecule has 0 bridgehead atoms. The normalized spacial score (nSPS) is 14.4. The van der Waals surface area contributed by atoms with Crippen molar-refractivity contribution in [2.45, 2.75) is 52.7 Å². The number of aromatic nitrogens is 1. The molecule has 0 saturated heterocycles. The van der Waals surface area contributed by atoms with Crippen molar-refractivity contribution in [2.24, 2.45) is 5.92 Å². The van der Waals surface area contributed by atoms with E-state index in [1.54, 1.807) is 18.3 Å². The number of ether oxygens (including phenoxy) is 1. The summed E-state index contributed by atoms with van der Waals surface area (Å²) < 4.78 is 5.38. The van der Waals surface area contributed by atoms with Gasteiger partial charge in [-0.3, -0.25) is 4.79 Å². The minimum atomic E-state index is -0.643. The molecule has 0 radical (unpaired) electrons. The van der Waals surface area contributed by atoms with E-state index in [1.165, 1.54) is 0 Å². The summed E-state index contributed by atoms with van der Waals surface area (Å²) in [5.41, 5.74) is -0.137. The van der Waals surface area contributed by atoms with Crippen molar-refractivity contribution in [1.29, 1.82) is 0 Å². The highest BCUT2D eigenvalue weighted by Crippen LogP contribution is 2.15. The number of hydrogen-bond donors (Lipinski definition) is 2. The number of hydrogen-bond acceptors (Lipinski definition) is 3. The first-order chi connectivity index (χ1) is 9.24. The predicted molar refractivity (Wildman–Crippen MR) is 77.3 cm³/mol. The molecule has 112 valence electrons. The van der Waals surface area contributed by atoms with Gasteiger partial charge in [0, 0.05) is 6.20 Å². The van der Waals surface area contributed by atoms with Crippen LogP contribution in [0.4, 0.5) is 0 Å². The second kappa shape index (κ2) is 6.59. The number of esters is 1. The molecule has 1 heterocycles. The van der Waals surface area contributed by atoms with E-state index in [4.69, 9.17) is 4.74 Å². The van der Waals surface area contributed by atoms with Crippen LogP contribution in [-0.4, -0.2) is 28.5 Å². The largest absolute Gasteiger partial charge is 0.458 e. The lowest BCUT2D eigenvalue weighted by atomic mass is 9.98. The van der Waals surface area contributed by atoms with Crippen molar-refractivity contribution >= 4 is 11.9 Å². The zero-order chi connectivity index (χ0) is 15.3. The summed E-state index contributed by atoms with van der Waals surface area (Å²) >= 11 is 0. The predicted octanol–water partition coefficient (Wildman–Crippen LogP) is 2.50. The SMILES string of the molecule is CC[C@H](C)[C@H](NC(=O)c1ccc[nH]1)C(=O)OC(C)(C)C. The molecule has 0 fully saturated rings. The molecule has 0 unspecified atom stereocenters. The Morgan fingerprint density at radius 3 is 2.50 bits per heavy atom. The summed E-state index contributed by atoms with van der Waals surface area (Å²) in [4.78, 5) is 27.1. The van der Waals surface area contributed by atoms with Gasteiger partial charge in [0.2, 0.25) is 0 Å². The van der Waals surface area contributed by atoms with Crippen molar-refractivity contribution in [3.05, 3.63) is 24.0 Å². The number of nitrogens with one attached hydrogen (secondary N) is 2. The molecule has 0 aromatic carbocycles. The summed E-state index contributed by atoms with van der Waals surface area (Å²) in [6.45, 7) is 9.33. The quantitative estimate of drug-likeness (QED) is 0.814. The molecule has 0 aliphatic heterocycles. The first kappa shape index (κ1) is 16.3. The van der Waals surface area contributed by atoms with Gasteiger partial charge in [-0.2, -0.15) is 0 Å². The molecule has 20 heavy (non-hydrogen) atoms. The van der Waals surface area contributed by atoms with Gasteiger partial charge in [0.1, 0.15) is 17.3 Å². The molecular weight excluding hydrogens is 256 g/mol. The lowest BCUT2D eigenvalue weighted by molar-refractivity contribution is -0.158. The Labute approximate surface area is 120 Å². The molecule has 5 heteroatoms. The third-order valence-corrected chi connectivity index (χ3v) is 3.00. The van der Waals surface area contributed by atoms with E-state index in [2.05, 4.69) is 10.3 Å². The summed E-state index contributed by atoms with van der Waals surface area (Å²) in [7, 11) is 0. The number of rotatable bonds is 5. The van der Waals surface area contributed by atoms with Gasteiger partial charge >= 0.3 is 5.97 Å². The molecular formula is C15H24N2O3. The molecule has 2 atom stereocenters. The lowest BCUT2D eigenvalue weighted by Gasteiger charge is -2.27. The minimum Gasteiger partial charge on any atom is -0.458 e. The molecule has 0 spiro atoms. The Balaban J connectivity index is 2.79. The average Bonchev–Trinajstić information content (AvgIpc) is 2.86. The van der Waals surface area contributed by atoms with Gasteiger partial charge in [0.15, 0.2) is 0 Å². The Bertz CT molecular complexity index is 446. The first-order valence-corrected chi connectivity index (χ1v) is 6.91. The van der Waals surface area contributed by atoms with E-state index >= 15 is 0 Å². The van der Waals surface area contributed by atoms with Crippen LogP contribution in [0.15, 0.2) is 18.3 Å². The van der Waals surface area contributed by atoms with E-state index in [-0.39, 0.29) is 11.8 Å². The van der Waals surface area contributed by atoms with Gasteiger partial charge < -0.3 is 15.0 Å². The summed E-state index contributed by atoms with van der Waals surface area (Å²) in [5.74, 6) is -0.693. The molecule has 2 N–H and O–H groups in total. The van der Waals surface area contributed by atoms with E-state index in [0.29, 0.717) is 5.69 Å². The van der Waals surface area contributed by atoms with Gasteiger partial charge in [-0.25, -0.2) is 4.79 Å². The van der Waals surface area contributed by atoms with Crippen LogP contribution in [0, 0.1) is 5.92 Å². The summed E-state index contributed by atoms with van der Waals surface area (Å²) in [6.07, 6.45) is 2.44. The Morgan fingerprint density at radius 2 is 2.05 bits per heavy atom. The maximum Gasteiger partial charge on any atom is 0.329 e. The molecule has 1 amide bonds. The maximum atomic E-state index is 12.2. The van der Waals surface area contributed by atoms with E-state index in [9.17, 15) is 9.59 Å². The second-order valence-electron chi connectivity index (χ2n) is 5.95. The number of carbonyl (C=O) groups excluding carboxylic acids is 2. The highest BCUT2D eigenvalue weighted by molar-refractivity contribution is 5.95. The fraction of sp³-hybridized carbons (Fsp3) is 0.600. The number of H-pyrrole nitrogens is 1. The Hall–Kier alpha value is -1.78. The fourth-order valence-corrected chi connectivity index (χ4v) is 1.73. The van der Waals surface area contributed by atoms with Gasteiger partial charge in [-0.05, 0) is 38.8 Å². The van der Waals surface area contributed by atoms with Crippen molar-refractivity contribution in [1.82, 2.24) is 10.3 Å². The van der Waals surface area contributed by atoms with Crippen LogP contribution in [0.25, 0.3) is 0 Å². The molecule has 0 aliphatic rings. The Kier molecular flexibility index (Phi) is 5.36.